The Morgan fingerprint density at radius 1 is 1.17 bits per heavy atom. The summed E-state index contributed by atoms with van der Waals surface area (Å²) in [5, 5.41) is 6.58. The number of nitrogens with one attached hydrogen (secondary N) is 1. The number of carbonyl (C=O) groups is 1. The van der Waals surface area contributed by atoms with E-state index in [0.717, 1.165) is 18.2 Å². The maximum atomic E-state index is 13.2. The fourth-order valence-electron chi connectivity index (χ4n) is 2.17. The molecule has 0 saturated carbocycles. The fraction of sp³-hybridized carbons (Fsp3) is 0.0625. The van der Waals surface area contributed by atoms with Crippen molar-refractivity contribution in [3.8, 4) is 5.82 Å². The first-order valence-corrected chi connectivity index (χ1v) is 6.78. The van der Waals surface area contributed by atoms with Crippen molar-refractivity contribution < 1.29 is 13.6 Å². The molecule has 3 aromatic rings. The molecule has 23 heavy (non-hydrogen) atoms. The molecule has 1 aromatic carbocycles. The lowest BCUT2D eigenvalue weighted by molar-refractivity contribution is 0.102. The van der Waals surface area contributed by atoms with E-state index in [4.69, 9.17) is 0 Å². The number of hydrogen-bond acceptors (Lipinski definition) is 3. The molecule has 0 aliphatic heterocycles. The third kappa shape index (κ3) is 3.08. The second kappa shape index (κ2) is 5.96. The molecule has 0 saturated heterocycles. The van der Waals surface area contributed by atoms with Crippen LogP contribution in [0.2, 0.25) is 0 Å². The van der Waals surface area contributed by atoms with Crippen LogP contribution in [-0.4, -0.2) is 20.7 Å². The molecule has 0 atom stereocenters. The van der Waals surface area contributed by atoms with Gasteiger partial charge in [-0.15, -0.1) is 0 Å². The lowest BCUT2D eigenvalue weighted by atomic mass is 10.2. The van der Waals surface area contributed by atoms with Gasteiger partial charge >= 0.3 is 0 Å². The van der Waals surface area contributed by atoms with Gasteiger partial charge in [-0.3, -0.25) is 4.79 Å². The van der Waals surface area contributed by atoms with E-state index in [0.29, 0.717) is 17.1 Å². The van der Waals surface area contributed by atoms with Crippen LogP contribution < -0.4 is 5.32 Å². The normalized spacial score (nSPS) is 10.6. The van der Waals surface area contributed by atoms with Gasteiger partial charge in [-0.25, -0.2) is 18.4 Å². The van der Waals surface area contributed by atoms with E-state index in [1.165, 1.54) is 10.9 Å². The third-order valence-electron chi connectivity index (χ3n) is 3.24. The molecule has 0 radical (unpaired) electrons. The molecule has 0 aliphatic rings. The lowest BCUT2D eigenvalue weighted by Crippen LogP contribution is -2.13. The monoisotopic (exact) mass is 314 g/mol. The van der Waals surface area contributed by atoms with Gasteiger partial charge in [0.15, 0.2) is 5.82 Å². The van der Waals surface area contributed by atoms with Crippen LogP contribution in [0.1, 0.15) is 16.1 Å². The standard InChI is InChI=1S/C16H12F2N4O/c1-10-14(9-20-22(10)15-4-2-3-5-19-15)16(23)21-13-7-11(17)6-12(18)8-13/h2-9H,1H3,(H,21,23). The minimum absolute atomic E-state index is 0.0393. The van der Waals surface area contributed by atoms with Crippen molar-refractivity contribution in [2.24, 2.45) is 0 Å². The molecular formula is C16H12F2N4O. The van der Waals surface area contributed by atoms with Crippen LogP contribution in [0.3, 0.4) is 0 Å². The molecule has 5 nitrogen and oxygen atoms in total. The van der Waals surface area contributed by atoms with Gasteiger partial charge in [0.05, 0.1) is 17.5 Å². The van der Waals surface area contributed by atoms with E-state index in [-0.39, 0.29) is 5.69 Å². The Morgan fingerprint density at radius 3 is 2.57 bits per heavy atom. The molecule has 0 bridgehead atoms. The zero-order valence-electron chi connectivity index (χ0n) is 12.1. The Hall–Kier alpha value is -3.09. The largest absolute Gasteiger partial charge is 0.322 e. The summed E-state index contributed by atoms with van der Waals surface area (Å²) >= 11 is 0. The molecule has 2 heterocycles. The smallest absolute Gasteiger partial charge is 0.259 e. The van der Waals surface area contributed by atoms with Gasteiger partial charge in [0.2, 0.25) is 0 Å². The summed E-state index contributed by atoms with van der Waals surface area (Å²) in [5.41, 5.74) is 0.899. The number of carbonyl (C=O) groups excluding carboxylic acids is 1. The first-order chi connectivity index (χ1) is 11.0. The van der Waals surface area contributed by atoms with E-state index in [2.05, 4.69) is 15.4 Å². The van der Waals surface area contributed by atoms with E-state index in [9.17, 15) is 13.6 Å². The van der Waals surface area contributed by atoms with Crippen LogP contribution >= 0.6 is 0 Å². The highest BCUT2D eigenvalue weighted by molar-refractivity contribution is 6.04. The number of benzene rings is 1. The Labute approximate surface area is 130 Å². The highest BCUT2D eigenvalue weighted by Gasteiger charge is 2.16. The summed E-state index contributed by atoms with van der Waals surface area (Å²) in [4.78, 5) is 16.4. The number of nitrogens with zero attached hydrogens (tertiary/aromatic N) is 3. The van der Waals surface area contributed by atoms with Crippen molar-refractivity contribution in [1.82, 2.24) is 14.8 Å². The Morgan fingerprint density at radius 2 is 1.91 bits per heavy atom. The molecule has 7 heteroatoms. The summed E-state index contributed by atoms with van der Waals surface area (Å²) < 4.78 is 27.9. The maximum Gasteiger partial charge on any atom is 0.259 e. The van der Waals surface area contributed by atoms with E-state index >= 15 is 0 Å². The van der Waals surface area contributed by atoms with Crippen LogP contribution in [0.5, 0.6) is 0 Å². The Balaban J connectivity index is 1.87. The van der Waals surface area contributed by atoms with Crippen molar-refractivity contribution >= 4 is 11.6 Å². The summed E-state index contributed by atoms with van der Waals surface area (Å²) in [7, 11) is 0. The fourth-order valence-corrected chi connectivity index (χ4v) is 2.17. The van der Waals surface area contributed by atoms with Crippen molar-refractivity contribution in [2.45, 2.75) is 6.92 Å². The van der Waals surface area contributed by atoms with Crippen LogP contribution in [0.15, 0.2) is 48.8 Å². The van der Waals surface area contributed by atoms with Crippen molar-refractivity contribution in [1.29, 1.82) is 0 Å². The third-order valence-corrected chi connectivity index (χ3v) is 3.24. The number of hydrogen-bond donors (Lipinski definition) is 1. The molecule has 116 valence electrons. The summed E-state index contributed by atoms with van der Waals surface area (Å²) in [6, 6.07) is 8.15. The number of amides is 1. The van der Waals surface area contributed by atoms with Crippen molar-refractivity contribution in [2.75, 3.05) is 5.32 Å². The predicted molar refractivity (Wildman–Crippen MR) is 80.4 cm³/mol. The number of rotatable bonds is 3. The van der Waals surface area contributed by atoms with Crippen LogP contribution in [-0.2, 0) is 0 Å². The van der Waals surface area contributed by atoms with Gasteiger partial charge < -0.3 is 5.32 Å². The first kappa shape index (κ1) is 14.8. The second-order valence-electron chi connectivity index (χ2n) is 4.86. The zero-order chi connectivity index (χ0) is 16.4. The van der Waals surface area contributed by atoms with Gasteiger partial charge in [-0.05, 0) is 31.2 Å². The second-order valence-corrected chi connectivity index (χ2v) is 4.86. The van der Waals surface area contributed by atoms with Crippen LogP contribution in [0.25, 0.3) is 5.82 Å². The summed E-state index contributed by atoms with van der Waals surface area (Å²) in [5.74, 6) is -1.46. The summed E-state index contributed by atoms with van der Waals surface area (Å²) in [6.45, 7) is 1.71. The average molecular weight is 314 g/mol. The lowest BCUT2D eigenvalue weighted by Gasteiger charge is -2.06. The topological polar surface area (TPSA) is 59.8 Å². The van der Waals surface area contributed by atoms with Crippen LogP contribution in [0.4, 0.5) is 14.5 Å². The molecule has 0 spiro atoms. The van der Waals surface area contributed by atoms with Gasteiger partial charge in [0, 0.05) is 18.0 Å². The summed E-state index contributed by atoms with van der Waals surface area (Å²) in [6.07, 6.45) is 3.00. The van der Waals surface area contributed by atoms with E-state index < -0.39 is 17.5 Å². The minimum atomic E-state index is -0.763. The van der Waals surface area contributed by atoms with E-state index in [1.807, 2.05) is 0 Å². The molecular weight excluding hydrogens is 302 g/mol. The molecule has 0 aliphatic carbocycles. The first-order valence-electron chi connectivity index (χ1n) is 6.78. The molecule has 1 N–H and O–H groups in total. The predicted octanol–water partition coefficient (Wildman–Crippen LogP) is 3.11. The molecule has 2 aromatic heterocycles. The molecule has 0 unspecified atom stereocenters. The van der Waals surface area contributed by atoms with Crippen molar-refractivity contribution in [3.63, 3.8) is 0 Å². The highest BCUT2D eigenvalue weighted by atomic mass is 19.1. The Bertz CT molecular complexity index is 842. The number of anilines is 1. The van der Waals surface area contributed by atoms with Crippen molar-refractivity contribution in [3.05, 3.63) is 71.7 Å². The maximum absolute atomic E-state index is 13.2. The molecule has 3 rings (SSSR count). The molecule has 0 fully saturated rings. The number of halogens is 2. The average Bonchev–Trinajstić information content (AvgIpc) is 2.89. The van der Waals surface area contributed by atoms with Crippen LogP contribution in [0, 0.1) is 18.6 Å². The minimum Gasteiger partial charge on any atom is -0.322 e. The highest BCUT2D eigenvalue weighted by Crippen LogP contribution is 2.17. The quantitative estimate of drug-likeness (QED) is 0.808. The van der Waals surface area contributed by atoms with Gasteiger partial charge in [-0.2, -0.15) is 5.10 Å². The zero-order valence-corrected chi connectivity index (χ0v) is 12.1. The SMILES string of the molecule is Cc1c(C(=O)Nc2cc(F)cc(F)c2)cnn1-c1ccccn1. The van der Waals surface area contributed by atoms with E-state index in [1.54, 1.807) is 31.3 Å². The van der Waals surface area contributed by atoms with Gasteiger partial charge in [0.25, 0.3) is 5.91 Å². The van der Waals surface area contributed by atoms with Gasteiger partial charge in [-0.1, -0.05) is 6.07 Å². The Kier molecular flexibility index (Phi) is 3.84. The number of pyridine rings is 1. The van der Waals surface area contributed by atoms with Gasteiger partial charge in [0.1, 0.15) is 11.6 Å². The number of aromatic nitrogens is 3. The molecule has 1 amide bonds.